The molecule has 2 atom stereocenters. The number of amides is 1. The molecule has 2 aromatic rings. The highest BCUT2D eigenvalue weighted by Gasteiger charge is 2.32. The Labute approximate surface area is 168 Å². The lowest BCUT2D eigenvalue weighted by molar-refractivity contribution is -0.123. The average molecular weight is 381 g/mol. The van der Waals surface area contributed by atoms with Gasteiger partial charge >= 0.3 is 0 Å². The quantitative estimate of drug-likeness (QED) is 0.885. The number of pyridine rings is 1. The van der Waals surface area contributed by atoms with E-state index in [0.29, 0.717) is 18.3 Å². The molecule has 0 spiro atoms. The van der Waals surface area contributed by atoms with Gasteiger partial charge < -0.3 is 15.1 Å². The molecule has 2 saturated heterocycles. The summed E-state index contributed by atoms with van der Waals surface area (Å²) in [6, 6.07) is 8.73. The lowest BCUT2D eigenvalue weighted by atomic mass is 9.93. The van der Waals surface area contributed by atoms with Crippen LogP contribution in [0.4, 0.5) is 5.69 Å². The van der Waals surface area contributed by atoms with Crippen LogP contribution in [0.2, 0.25) is 0 Å². The number of nitrogens with zero attached hydrogens (tertiary/aromatic N) is 3. The second kappa shape index (κ2) is 8.08. The van der Waals surface area contributed by atoms with Crippen molar-refractivity contribution in [2.24, 2.45) is 11.8 Å². The van der Waals surface area contributed by atoms with Crippen LogP contribution < -0.4 is 10.2 Å². The van der Waals surface area contributed by atoms with Crippen LogP contribution in [0.15, 0.2) is 30.5 Å². The lowest BCUT2D eigenvalue weighted by Crippen LogP contribution is -2.41. The van der Waals surface area contributed by atoms with E-state index >= 15 is 0 Å². The number of aryl methyl sites for hydroxylation is 1. The highest BCUT2D eigenvalue weighted by molar-refractivity contribution is 5.94. The van der Waals surface area contributed by atoms with Crippen LogP contribution in [-0.4, -0.2) is 55.1 Å². The van der Waals surface area contributed by atoms with Crippen molar-refractivity contribution in [1.82, 2.24) is 15.2 Å². The van der Waals surface area contributed by atoms with Crippen LogP contribution >= 0.6 is 0 Å². The van der Waals surface area contributed by atoms with Gasteiger partial charge in [0.25, 0.3) is 0 Å². The Bertz CT molecular complexity index is 844. The van der Waals surface area contributed by atoms with Gasteiger partial charge in [0.2, 0.25) is 5.91 Å². The number of carbonyl (C=O) groups is 1. The molecule has 5 heteroatoms. The van der Waals surface area contributed by atoms with Crippen LogP contribution in [-0.2, 0) is 4.79 Å². The fraction of sp³-hybridized carbons (Fsp3) is 0.565. The van der Waals surface area contributed by atoms with Gasteiger partial charge in [0.05, 0.1) is 11.6 Å². The van der Waals surface area contributed by atoms with Gasteiger partial charge in [-0.05, 0) is 75.5 Å². The smallest absolute Gasteiger partial charge is 0.220 e. The maximum Gasteiger partial charge on any atom is 0.220 e. The summed E-state index contributed by atoms with van der Waals surface area (Å²) in [4.78, 5) is 22.0. The first kappa shape index (κ1) is 19.2. The van der Waals surface area contributed by atoms with Crippen LogP contribution in [0.1, 0.15) is 31.7 Å². The Hall–Kier alpha value is -2.14. The van der Waals surface area contributed by atoms with Crippen molar-refractivity contribution in [3.63, 3.8) is 0 Å². The molecular formula is C23H32N4O. The molecule has 150 valence electrons. The molecule has 0 unspecified atom stereocenters. The monoisotopic (exact) mass is 380 g/mol. The normalized spacial score (nSPS) is 24.0. The number of aromatic nitrogens is 1. The fourth-order valence-corrected chi connectivity index (χ4v) is 4.72. The van der Waals surface area contributed by atoms with E-state index < -0.39 is 0 Å². The number of anilines is 1. The van der Waals surface area contributed by atoms with E-state index in [2.05, 4.69) is 59.2 Å². The first-order chi connectivity index (χ1) is 13.5. The minimum atomic E-state index is 0.215. The van der Waals surface area contributed by atoms with Gasteiger partial charge in [-0.3, -0.25) is 9.78 Å². The van der Waals surface area contributed by atoms with Crippen LogP contribution in [0, 0.1) is 18.8 Å². The van der Waals surface area contributed by atoms with Gasteiger partial charge in [0, 0.05) is 36.8 Å². The van der Waals surface area contributed by atoms with Gasteiger partial charge in [-0.25, -0.2) is 0 Å². The summed E-state index contributed by atoms with van der Waals surface area (Å²) < 4.78 is 0. The first-order valence-electron chi connectivity index (χ1n) is 10.6. The van der Waals surface area contributed by atoms with E-state index in [0.717, 1.165) is 44.5 Å². The van der Waals surface area contributed by atoms with Gasteiger partial charge in [0.1, 0.15) is 0 Å². The number of benzene rings is 1. The summed E-state index contributed by atoms with van der Waals surface area (Å²) in [5, 5.41) is 4.54. The fourth-order valence-electron chi connectivity index (χ4n) is 4.72. The summed E-state index contributed by atoms with van der Waals surface area (Å²) in [5.41, 5.74) is 3.50. The Kier molecular flexibility index (Phi) is 5.54. The van der Waals surface area contributed by atoms with E-state index in [1.165, 1.54) is 16.6 Å². The van der Waals surface area contributed by atoms with E-state index in [9.17, 15) is 4.79 Å². The zero-order valence-electron chi connectivity index (χ0n) is 17.3. The predicted octanol–water partition coefficient (Wildman–Crippen LogP) is 3.22. The molecule has 1 aromatic heterocycles. The molecule has 4 rings (SSSR count). The second-order valence-corrected chi connectivity index (χ2v) is 8.81. The van der Waals surface area contributed by atoms with E-state index in [-0.39, 0.29) is 11.9 Å². The predicted molar refractivity (Wildman–Crippen MR) is 115 cm³/mol. The summed E-state index contributed by atoms with van der Waals surface area (Å²) >= 11 is 0. The third-order valence-corrected chi connectivity index (χ3v) is 6.56. The van der Waals surface area contributed by atoms with Crippen molar-refractivity contribution >= 4 is 22.5 Å². The number of carbonyl (C=O) groups excluding carboxylic acids is 1. The largest absolute Gasteiger partial charge is 0.369 e. The summed E-state index contributed by atoms with van der Waals surface area (Å²) in [6.07, 6.45) is 4.81. The highest BCUT2D eigenvalue weighted by atomic mass is 16.1. The van der Waals surface area contributed by atoms with Gasteiger partial charge in [0.15, 0.2) is 0 Å². The molecule has 2 fully saturated rings. The number of hydrogen-bond donors (Lipinski definition) is 1. The van der Waals surface area contributed by atoms with Crippen molar-refractivity contribution in [1.29, 1.82) is 0 Å². The van der Waals surface area contributed by atoms with Crippen molar-refractivity contribution in [2.45, 2.75) is 39.2 Å². The molecule has 2 aliphatic heterocycles. The Morgan fingerprint density at radius 3 is 2.79 bits per heavy atom. The first-order valence-corrected chi connectivity index (χ1v) is 10.6. The second-order valence-electron chi connectivity index (χ2n) is 8.81. The SMILES string of the molecule is Cc1ccc(N2C[C@@H](C)[C@@H](NC(=O)CC3CCN(C)CC3)C2)c2cccnc12. The maximum absolute atomic E-state index is 12.6. The Morgan fingerprint density at radius 2 is 2.00 bits per heavy atom. The average Bonchev–Trinajstić information content (AvgIpc) is 3.04. The number of rotatable bonds is 4. The number of fused-ring (bicyclic) bond motifs is 1. The van der Waals surface area contributed by atoms with Gasteiger partial charge in [-0.1, -0.05) is 13.0 Å². The van der Waals surface area contributed by atoms with Crippen LogP contribution in [0.5, 0.6) is 0 Å². The molecule has 0 radical (unpaired) electrons. The zero-order valence-corrected chi connectivity index (χ0v) is 17.3. The van der Waals surface area contributed by atoms with E-state index in [4.69, 9.17) is 0 Å². The van der Waals surface area contributed by atoms with E-state index in [1.54, 1.807) is 0 Å². The summed E-state index contributed by atoms with van der Waals surface area (Å²) in [5.74, 6) is 1.20. The molecule has 2 aliphatic rings. The number of piperidine rings is 1. The van der Waals surface area contributed by atoms with Crippen molar-refractivity contribution in [3.05, 3.63) is 36.0 Å². The zero-order chi connectivity index (χ0) is 19.7. The lowest BCUT2D eigenvalue weighted by Gasteiger charge is -2.29. The Morgan fingerprint density at radius 1 is 1.21 bits per heavy atom. The number of hydrogen-bond acceptors (Lipinski definition) is 4. The Balaban J connectivity index is 1.41. The van der Waals surface area contributed by atoms with Crippen molar-refractivity contribution in [3.8, 4) is 0 Å². The van der Waals surface area contributed by atoms with Crippen LogP contribution in [0.3, 0.4) is 0 Å². The third-order valence-electron chi connectivity index (χ3n) is 6.56. The minimum absolute atomic E-state index is 0.215. The molecule has 0 bridgehead atoms. The number of likely N-dealkylation sites (tertiary alicyclic amines) is 1. The third kappa shape index (κ3) is 4.00. The molecule has 1 amide bonds. The summed E-state index contributed by atoms with van der Waals surface area (Å²) in [6.45, 7) is 8.41. The topological polar surface area (TPSA) is 48.5 Å². The van der Waals surface area contributed by atoms with Crippen molar-refractivity contribution in [2.75, 3.05) is 38.1 Å². The molecular weight excluding hydrogens is 348 g/mol. The molecule has 0 aliphatic carbocycles. The van der Waals surface area contributed by atoms with Crippen molar-refractivity contribution < 1.29 is 4.79 Å². The molecule has 0 saturated carbocycles. The summed E-state index contributed by atoms with van der Waals surface area (Å²) in [7, 11) is 2.16. The number of nitrogens with one attached hydrogen (secondary N) is 1. The molecule has 1 aromatic carbocycles. The van der Waals surface area contributed by atoms with Crippen LogP contribution in [0.25, 0.3) is 10.9 Å². The standard InChI is InChI=1S/C23H32N4O/c1-16-6-7-21(19-5-4-10-24-23(16)19)27-14-17(2)20(15-27)25-22(28)13-18-8-11-26(3)12-9-18/h4-7,10,17-18,20H,8-9,11-15H2,1-3H3,(H,25,28)/t17-,20+/m1/s1. The van der Waals surface area contributed by atoms with E-state index in [1.807, 2.05) is 12.3 Å². The molecule has 5 nitrogen and oxygen atoms in total. The molecule has 1 N–H and O–H groups in total. The highest BCUT2D eigenvalue weighted by Crippen LogP contribution is 2.32. The molecule has 3 heterocycles. The van der Waals surface area contributed by atoms with Gasteiger partial charge in [-0.2, -0.15) is 0 Å². The van der Waals surface area contributed by atoms with Gasteiger partial charge in [-0.15, -0.1) is 0 Å². The maximum atomic E-state index is 12.6. The molecule has 28 heavy (non-hydrogen) atoms. The minimum Gasteiger partial charge on any atom is -0.369 e.